The van der Waals surface area contributed by atoms with Crippen molar-refractivity contribution in [1.82, 2.24) is 5.32 Å². The van der Waals surface area contributed by atoms with Crippen LogP contribution in [0.5, 0.6) is 0 Å². The molecule has 1 amide bonds. The standard InChI is InChI=1S/C21H13BrCl3F6NO/c22-14-7-10(1-3-12(14)18(33)32-19(5-6-19)21(29,30)31)2-4-13(20(26,27)28)11-8-15(23)17(25)16(24)9-11/h1-4,7-9,13H,5-6H2,(H,32,33)/b4-2+. The predicted octanol–water partition coefficient (Wildman–Crippen LogP) is 8.59. The van der Waals surface area contributed by atoms with Gasteiger partial charge in [0.15, 0.2) is 0 Å². The largest absolute Gasteiger partial charge is 0.411 e. The molecule has 0 radical (unpaired) electrons. The van der Waals surface area contributed by atoms with Gasteiger partial charge in [0.1, 0.15) is 5.54 Å². The minimum Gasteiger partial charge on any atom is -0.338 e. The highest BCUT2D eigenvalue weighted by Gasteiger charge is 2.64. The zero-order valence-electron chi connectivity index (χ0n) is 16.2. The first-order valence-corrected chi connectivity index (χ1v) is 11.2. The molecule has 0 bridgehead atoms. The van der Waals surface area contributed by atoms with Gasteiger partial charge in [-0.05, 0) is 64.2 Å². The van der Waals surface area contributed by atoms with Crippen molar-refractivity contribution in [3.63, 3.8) is 0 Å². The molecule has 1 atom stereocenters. The molecule has 1 fully saturated rings. The van der Waals surface area contributed by atoms with Crippen LogP contribution in [0.2, 0.25) is 15.1 Å². The Labute approximate surface area is 208 Å². The monoisotopic (exact) mass is 593 g/mol. The Morgan fingerprint density at radius 2 is 1.61 bits per heavy atom. The average Bonchev–Trinajstić information content (AvgIpc) is 3.45. The van der Waals surface area contributed by atoms with Crippen molar-refractivity contribution in [2.24, 2.45) is 0 Å². The maximum Gasteiger partial charge on any atom is 0.411 e. The zero-order chi connectivity index (χ0) is 24.8. The highest BCUT2D eigenvalue weighted by atomic mass is 79.9. The van der Waals surface area contributed by atoms with E-state index in [-0.39, 0.29) is 49.1 Å². The molecule has 2 nitrogen and oxygen atoms in total. The molecule has 12 heteroatoms. The van der Waals surface area contributed by atoms with E-state index >= 15 is 0 Å². The number of allylic oxidation sites excluding steroid dienone is 1. The molecule has 178 valence electrons. The number of nitrogens with one attached hydrogen (secondary N) is 1. The summed E-state index contributed by atoms with van der Waals surface area (Å²) in [5.41, 5.74) is -2.26. The quantitative estimate of drug-likeness (QED) is 0.272. The van der Waals surface area contributed by atoms with E-state index in [0.29, 0.717) is 0 Å². The fourth-order valence-corrected chi connectivity index (χ4v) is 4.27. The Morgan fingerprint density at radius 1 is 1.03 bits per heavy atom. The van der Waals surface area contributed by atoms with Crippen molar-refractivity contribution in [3.05, 3.63) is 72.6 Å². The van der Waals surface area contributed by atoms with E-state index in [1.807, 2.05) is 5.32 Å². The first kappa shape index (κ1) is 26.2. The molecule has 33 heavy (non-hydrogen) atoms. The summed E-state index contributed by atoms with van der Waals surface area (Å²) in [7, 11) is 0. The molecular weight excluding hydrogens is 582 g/mol. The molecule has 0 aromatic heterocycles. The van der Waals surface area contributed by atoms with Crippen LogP contribution < -0.4 is 5.32 Å². The van der Waals surface area contributed by atoms with Gasteiger partial charge in [-0.15, -0.1) is 0 Å². The molecule has 1 N–H and O–H groups in total. The third-order valence-corrected chi connectivity index (χ3v) is 6.94. The summed E-state index contributed by atoms with van der Waals surface area (Å²) >= 11 is 20.6. The van der Waals surface area contributed by atoms with Crippen LogP contribution >= 0.6 is 50.7 Å². The molecule has 0 heterocycles. The first-order valence-electron chi connectivity index (χ1n) is 9.23. The number of hydrogen-bond donors (Lipinski definition) is 1. The number of halogens is 10. The number of rotatable bonds is 5. The number of benzene rings is 2. The van der Waals surface area contributed by atoms with E-state index in [9.17, 15) is 31.1 Å². The van der Waals surface area contributed by atoms with Gasteiger partial charge in [-0.2, -0.15) is 26.3 Å². The van der Waals surface area contributed by atoms with E-state index in [0.717, 1.165) is 18.2 Å². The number of amides is 1. The maximum atomic E-state index is 13.7. The van der Waals surface area contributed by atoms with Crippen molar-refractivity contribution in [2.75, 3.05) is 0 Å². The van der Waals surface area contributed by atoms with Crippen LogP contribution in [0.3, 0.4) is 0 Å². The number of hydrogen-bond acceptors (Lipinski definition) is 1. The second-order valence-corrected chi connectivity index (χ2v) is 9.50. The van der Waals surface area contributed by atoms with Crippen LogP contribution in [0.15, 0.2) is 40.9 Å². The van der Waals surface area contributed by atoms with E-state index in [4.69, 9.17) is 34.8 Å². The number of carbonyl (C=O) groups is 1. The van der Waals surface area contributed by atoms with Gasteiger partial charge in [-0.1, -0.05) is 53.0 Å². The second-order valence-electron chi connectivity index (χ2n) is 7.45. The minimum absolute atomic E-state index is 0.0664. The van der Waals surface area contributed by atoms with Gasteiger partial charge >= 0.3 is 12.4 Å². The zero-order valence-corrected chi connectivity index (χ0v) is 20.1. The summed E-state index contributed by atoms with van der Waals surface area (Å²) in [5, 5.41) is 1.66. The summed E-state index contributed by atoms with van der Waals surface area (Å²) in [4.78, 5) is 12.3. The SMILES string of the molecule is O=C(NC1(C(F)(F)F)CC1)c1ccc(/C=C/C(c2cc(Cl)c(Cl)c(Cl)c2)C(F)(F)F)cc1Br. The molecular formula is C21H13BrCl3F6NO. The topological polar surface area (TPSA) is 29.1 Å². The third kappa shape index (κ3) is 5.81. The highest BCUT2D eigenvalue weighted by molar-refractivity contribution is 9.10. The molecule has 1 aliphatic carbocycles. The van der Waals surface area contributed by atoms with Crippen LogP contribution in [-0.4, -0.2) is 23.8 Å². The van der Waals surface area contributed by atoms with Crippen molar-refractivity contribution in [2.45, 2.75) is 36.7 Å². The fourth-order valence-electron chi connectivity index (χ4n) is 3.08. The van der Waals surface area contributed by atoms with Crippen molar-refractivity contribution in [1.29, 1.82) is 0 Å². The highest BCUT2D eigenvalue weighted by Crippen LogP contribution is 2.49. The van der Waals surface area contributed by atoms with Crippen LogP contribution in [0, 0.1) is 0 Å². The van der Waals surface area contributed by atoms with Crippen molar-refractivity contribution >= 4 is 62.7 Å². The number of carbonyl (C=O) groups excluding carboxylic acids is 1. The lowest BCUT2D eigenvalue weighted by atomic mass is 9.97. The van der Waals surface area contributed by atoms with Gasteiger partial charge < -0.3 is 5.32 Å². The van der Waals surface area contributed by atoms with E-state index in [1.165, 1.54) is 24.3 Å². The predicted molar refractivity (Wildman–Crippen MR) is 119 cm³/mol. The van der Waals surface area contributed by atoms with Crippen molar-refractivity contribution in [3.8, 4) is 0 Å². The number of alkyl halides is 6. The molecule has 0 saturated heterocycles. The fraction of sp³-hybridized carbons (Fsp3) is 0.286. The summed E-state index contributed by atoms with van der Waals surface area (Å²) in [6.07, 6.45) is -7.63. The smallest absolute Gasteiger partial charge is 0.338 e. The Morgan fingerprint density at radius 3 is 2.06 bits per heavy atom. The second kappa shape index (κ2) is 9.32. The first-order chi connectivity index (χ1) is 15.1. The Kier molecular flexibility index (Phi) is 7.40. The van der Waals surface area contributed by atoms with E-state index in [1.54, 1.807) is 0 Å². The lowest BCUT2D eigenvalue weighted by molar-refractivity contribution is -0.163. The molecule has 2 aromatic rings. The van der Waals surface area contributed by atoms with Gasteiger partial charge in [0.05, 0.1) is 26.5 Å². The van der Waals surface area contributed by atoms with Crippen LogP contribution in [0.25, 0.3) is 6.08 Å². The average molecular weight is 596 g/mol. The molecule has 2 aromatic carbocycles. The maximum absolute atomic E-state index is 13.7. The Hall–Kier alpha value is -1.42. The minimum atomic E-state index is -4.68. The van der Waals surface area contributed by atoms with E-state index in [2.05, 4.69) is 15.9 Å². The lowest BCUT2D eigenvalue weighted by Gasteiger charge is -2.21. The normalized spacial score (nSPS) is 16.7. The molecule has 3 rings (SSSR count). The van der Waals surface area contributed by atoms with Gasteiger partial charge in [0.25, 0.3) is 5.91 Å². The summed E-state index contributed by atoms with van der Waals surface area (Å²) in [5.74, 6) is -3.00. The Bertz CT molecular complexity index is 1090. The van der Waals surface area contributed by atoms with Crippen LogP contribution in [0.4, 0.5) is 26.3 Å². The van der Waals surface area contributed by atoms with Crippen molar-refractivity contribution < 1.29 is 31.1 Å². The van der Waals surface area contributed by atoms with Crippen LogP contribution in [-0.2, 0) is 0 Å². The molecule has 1 unspecified atom stereocenters. The summed E-state index contributed by atoms with van der Waals surface area (Å²) in [6.45, 7) is 0. The molecule has 1 aliphatic rings. The molecule has 1 saturated carbocycles. The van der Waals surface area contributed by atoms with Gasteiger partial charge in [0.2, 0.25) is 0 Å². The molecule has 0 aliphatic heterocycles. The third-order valence-electron chi connectivity index (χ3n) is 5.08. The molecule has 0 spiro atoms. The van der Waals surface area contributed by atoms with Gasteiger partial charge in [-0.25, -0.2) is 0 Å². The lowest BCUT2D eigenvalue weighted by Crippen LogP contribution is -2.47. The Balaban J connectivity index is 1.84. The summed E-state index contributed by atoms with van der Waals surface area (Å²) in [6, 6.07) is 6.00. The van der Waals surface area contributed by atoms with Gasteiger partial charge in [0, 0.05) is 4.47 Å². The van der Waals surface area contributed by atoms with Crippen LogP contribution in [0.1, 0.15) is 40.2 Å². The van der Waals surface area contributed by atoms with E-state index < -0.39 is 29.7 Å². The van der Waals surface area contributed by atoms with Gasteiger partial charge in [-0.3, -0.25) is 4.79 Å². The summed E-state index contributed by atoms with van der Waals surface area (Å²) < 4.78 is 80.3.